The molecule has 2 amide bonds. The Morgan fingerprint density at radius 3 is 2.28 bits per heavy atom. The first-order valence-electron chi connectivity index (χ1n) is 10.9. The topological polar surface area (TPSA) is 84.3 Å². The van der Waals surface area contributed by atoms with Crippen LogP contribution in [0, 0.1) is 0 Å². The van der Waals surface area contributed by atoms with Gasteiger partial charge in [0.25, 0.3) is 0 Å². The van der Waals surface area contributed by atoms with E-state index in [1.807, 2.05) is 55.5 Å². The van der Waals surface area contributed by atoms with Gasteiger partial charge in [0.15, 0.2) is 0 Å². The molecule has 1 fully saturated rings. The standard InChI is InChI=1S/C24H28N4O3S/c1-2-25-23(29)27(21-13-14-21)17-22-15-26-24(28(22)16-19-9-5-3-6-10-19)32(30,31)18-20-11-7-4-8-12-20/h3-12,15,21H,2,13-14,16-18H2,1H3,(H,25,29). The zero-order chi connectivity index (χ0) is 22.6. The Bertz CT molecular complexity index is 1160. The molecule has 1 saturated carbocycles. The van der Waals surface area contributed by atoms with Crippen molar-refractivity contribution in [2.45, 2.75) is 49.8 Å². The molecule has 0 saturated heterocycles. The fourth-order valence-electron chi connectivity index (χ4n) is 3.74. The first kappa shape index (κ1) is 22.1. The lowest BCUT2D eigenvalue weighted by atomic mass is 10.2. The average Bonchev–Trinajstić information content (AvgIpc) is 3.54. The molecule has 32 heavy (non-hydrogen) atoms. The largest absolute Gasteiger partial charge is 0.338 e. The van der Waals surface area contributed by atoms with Crippen LogP contribution in [0.15, 0.2) is 72.0 Å². The van der Waals surface area contributed by atoms with Crippen LogP contribution in [0.5, 0.6) is 0 Å². The van der Waals surface area contributed by atoms with E-state index in [1.165, 1.54) is 0 Å². The van der Waals surface area contributed by atoms with Crippen molar-refractivity contribution in [2.24, 2.45) is 0 Å². The van der Waals surface area contributed by atoms with Crippen LogP contribution in [-0.2, 0) is 28.7 Å². The number of imidazole rings is 1. The number of urea groups is 1. The SMILES string of the molecule is CCNC(=O)N(Cc1cnc(S(=O)(=O)Cc2ccccc2)n1Cc1ccccc1)C1CC1. The zero-order valence-corrected chi connectivity index (χ0v) is 19.0. The van der Waals surface area contributed by atoms with Crippen molar-refractivity contribution in [1.82, 2.24) is 19.8 Å². The number of carbonyl (C=O) groups excluding carboxylic acids is 1. The summed E-state index contributed by atoms with van der Waals surface area (Å²) in [5.41, 5.74) is 2.39. The second-order valence-corrected chi connectivity index (χ2v) is 9.93. The fraction of sp³-hybridized carbons (Fsp3) is 0.333. The Labute approximate surface area is 189 Å². The molecule has 0 spiro atoms. The molecule has 168 valence electrons. The highest BCUT2D eigenvalue weighted by Gasteiger charge is 2.34. The van der Waals surface area contributed by atoms with Gasteiger partial charge in [-0.25, -0.2) is 18.2 Å². The molecule has 0 atom stereocenters. The molecule has 0 unspecified atom stereocenters. The van der Waals surface area contributed by atoms with Gasteiger partial charge in [0.1, 0.15) is 0 Å². The van der Waals surface area contributed by atoms with E-state index in [2.05, 4.69) is 10.3 Å². The summed E-state index contributed by atoms with van der Waals surface area (Å²) in [7, 11) is -3.68. The van der Waals surface area contributed by atoms with Gasteiger partial charge in [-0.1, -0.05) is 60.7 Å². The molecule has 1 aliphatic rings. The highest BCUT2D eigenvalue weighted by Crippen LogP contribution is 2.29. The molecular weight excluding hydrogens is 424 g/mol. The smallest absolute Gasteiger partial charge is 0.317 e. The maximum Gasteiger partial charge on any atom is 0.317 e. The van der Waals surface area contributed by atoms with Crippen LogP contribution in [0.2, 0.25) is 0 Å². The van der Waals surface area contributed by atoms with Gasteiger partial charge < -0.3 is 14.8 Å². The summed E-state index contributed by atoms with van der Waals surface area (Å²) >= 11 is 0. The Hall–Kier alpha value is -3.13. The molecule has 2 aromatic carbocycles. The molecule has 3 aromatic rings. The third kappa shape index (κ3) is 5.19. The molecule has 4 rings (SSSR count). The molecule has 0 bridgehead atoms. The van der Waals surface area contributed by atoms with Gasteiger partial charge in [-0.2, -0.15) is 0 Å². The summed E-state index contributed by atoms with van der Waals surface area (Å²) in [5.74, 6) is -0.123. The Morgan fingerprint density at radius 2 is 1.69 bits per heavy atom. The minimum Gasteiger partial charge on any atom is -0.338 e. The minimum absolute atomic E-state index is 0.0341. The Morgan fingerprint density at radius 1 is 1.06 bits per heavy atom. The number of nitrogens with one attached hydrogen (secondary N) is 1. The summed E-state index contributed by atoms with van der Waals surface area (Å²) < 4.78 is 28.4. The third-order valence-electron chi connectivity index (χ3n) is 5.47. The van der Waals surface area contributed by atoms with E-state index >= 15 is 0 Å². The maximum absolute atomic E-state index is 13.3. The molecular formula is C24H28N4O3S. The minimum atomic E-state index is -3.68. The van der Waals surface area contributed by atoms with Crippen molar-refractivity contribution in [3.63, 3.8) is 0 Å². The van der Waals surface area contributed by atoms with Crippen LogP contribution in [-0.4, -0.2) is 41.5 Å². The summed E-state index contributed by atoms with van der Waals surface area (Å²) in [6.45, 7) is 3.11. The van der Waals surface area contributed by atoms with E-state index in [0.29, 0.717) is 30.9 Å². The van der Waals surface area contributed by atoms with E-state index in [1.54, 1.807) is 27.8 Å². The number of benzene rings is 2. The summed E-state index contributed by atoms with van der Waals surface area (Å²) in [4.78, 5) is 18.7. The number of rotatable bonds is 9. The lowest BCUT2D eigenvalue weighted by Gasteiger charge is -2.23. The van der Waals surface area contributed by atoms with Crippen LogP contribution < -0.4 is 5.32 Å². The van der Waals surface area contributed by atoms with Crippen molar-refractivity contribution < 1.29 is 13.2 Å². The van der Waals surface area contributed by atoms with Gasteiger partial charge in [0.2, 0.25) is 15.0 Å². The Kier molecular flexibility index (Phi) is 6.60. The molecule has 0 radical (unpaired) electrons. The summed E-state index contributed by atoms with van der Waals surface area (Å²) in [6, 6.07) is 18.9. The van der Waals surface area contributed by atoms with Gasteiger partial charge in [0.05, 0.1) is 30.7 Å². The molecule has 1 heterocycles. The third-order valence-corrected chi connectivity index (χ3v) is 7.07. The van der Waals surface area contributed by atoms with Gasteiger partial charge in [0, 0.05) is 12.6 Å². The predicted molar refractivity (Wildman–Crippen MR) is 123 cm³/mol. The van der Waals surface area contributed by atoms with E-state index in [4.69, 9.17) is 0 Å². The van der Waals surface area contributed by atoms with Crippen molar-refractivity contribution >= 4 is 15.9 Å². The molecule has 1 aromatic heterocycles. The molecule has 1 N–H and O–H groups in total. The molecule has 8 heteroatoms. The van der Waals surface area contributed by atoms with E-state index in [0.717, 1.165) is 18.4 Å². The second kappa shape index (κ2) is 9.56. The number of nitrogens with zero attached hydrogens (tertiary/aromatic N) is 3. The van der Waals surface area contributed by atoms with Crippen LogP contribution in [0.25, 0.3) is 0 Å². The van der Waals surface area contributed by atoms with Crippen molar-refractivity contribution in [3.05, 3.63) is 83.7 Å². The first-order valence-corrected chi connectivity index (χ1v) is 12.5. The highest BCUT2D eigenvalue weighted by atomic mass is 32.2. The van der Waals surface area contributed by atoms with Crippen LogP contribution >= 0.6 is 0 Å². The summed E-state index contributed by atoms with van der Waals surface area (Å²) in [6.07, 6.45) is 3.52. The Balaban J connectivity index is 1.69. The number of amides is 2. The van der Waals surface area contributed by atoms with Crippen molar-refractivity contribution in [2.75, 3.05) is 6.54 Å². The van der Waals surface area contributed by atoms with E-state index < -0.39 is 9.84 Å². The van der Waals surface area contributed by atoms with Crippen molar-refractivity contribution in [1.29, 1.82) is 0 Å². The number of hydrogen-bond acceptors (Lipinski definition) is 4. The first-order chi connectivity index (χ1) is 15.5. The maximum atomic E-state index is 13.3. The van der Waals surface area contributed by atoms with Crippen molar-refractivity contribution in [3.8, 4) is 0 Å². The van der Waals surface area contributed by atoms with Gasteiger partial charge in [-0.15, -0.1) is 0 Å². The monoisotopic (exact) mass is 452 g/mol. The number of carbonyl (C=O) groups is 1. The van der Waals surface area contributed by atoms with Crippen LogP contribution in [0.1, 0.15) is 36.6 Å². The quantitative estimate of drug-likeness (QED) is 0.538. The van der Waals surface area contributed by atoms with E-state index in [-0.39, 0.29) is 23.0 Å². The van der Waals surface area contributed by atoms with Gasteiger partial charge >= 0.3 is 6.03 Å². The lowest BCUT2D eigenvalue weighted by Crippen LogP contribution is -2.41. The molecule has 7 nitrogen and oxygen atoms in total. The van der Waals surface area contributed by atoms with Gasteiger partial charge in [-0.3, -0.25) is 0 Å². The molecule has 0 aliphatic heterocycles. The fourth-order valence-corrected chi connectivity index (χ4v) is 5.23. The van der Waals surface area contributed by atoms with Crippen LogP contribution in [0.4, 0.5) is 4.79 Å². The average molecular weight is 453 g/mol. The summed E-state index contributed by atoms with van der Waals surface area (Å²) in [5, 5.41) is 2.90. The normalized spacial score (nSPS) is 13.7. The van der Waals surface area contributed by atoms with Gasteiger partial charge in [-0.05, 0) is 30.9 Å². The molecule has 1 aliphatic carbocycles. The highest BCUT2D eigenvalue weighted by molar-refractivity contribution is 7.90. The lowest BCUT2D eigenvalue weighted by molar-refractivity contribution is 0.191. The second-order valence-electron chi connectivity index (χ2n) is 8.04. The predicted octanol–water partition coefficient (Wildman–Crippen LogP) is 3.60. The number of aromatic nitrogens is 2. The van der Waals surface area contributed by atoms with E-state index in [9.17, 15) is 13.2 Å². The number of hydrogen-bond donors (Lipinski definition) is 1. The van der Waals surface area contributed by atoms with Crippen LogP contribution in [0.3, 0.4) is 0 Å². The number of sulfone groups is 1. The zero-order valence-electron chi connectivity index (χ0n) is 18.1.